The van der Waals surface area contributed by atoms with Crippen LogP contribution in [0, 0.1) is 5.92 Å². The third-order valence-electron chi connectivity index (χ3n) is 4.45. The van der Waals surface area contributed by atoms with Crippen LogP contribution in [0.3, 0.4) is 0 Å². The molecule has 1 amide bonds. The van der Waals surface area contributed by atoms with Crippen LogP contribution in [0.15, 0.2) is 0 Å². The van der Waals surface area contributed by atoms with Gasteiger partial charge in [-0.2, -0.15) is 0 Å². The summed E-state index contributed by atoms with van der Waals surface area (Å²) < 4.78 is 0. The number of carbonyl (C=O) groups excluding carboxylic acids is 1. The predicted octanol–water partition coefficient (Wildman–Crippen LogP) is 0.975. The Morgan fingerprint density at radius 3 is 2.72 bits per heavy atom. The minimum absolute atomic E-state index is 0.165. The molecule has 104 valence electrons. The largest absolute Gasteiger partial charge is 0.354 e. The molecule has 4 nitrogen and oxygen atoms in total. The number of rotatable bonds is 4. The smallest absolute Gasteiger partial charge is 0.224 e. The Labute approximate surface area is 110 Å². The van der Waals surface area contributed by atoms with Crippen molar-refractivity contribution in [2.75, 3.05) is 26.2 Å². The lowest BCUT2D eigenvalue weighted by Crippen LogP contribution is -2.46. The van der Waals surface area contributed by atoms with Crippen molar-refractivity contribution in [2.45, 2.75) is 51.6 Å². The zero-order valence-corrected chi connectivity index (χ0v) is 11.7. The van der Waals surface area contributed by atoms with Crippen molar-refractivity contribution in [3.63, 3.8) is 0 Å². The molecule has 2 saturated heterocycles. The van der Waals surface area contributed by atoms with Gasteiger partial charge >= 0.3 is 0 Å². The molecular weight excluding hydrogens is 226 g/mol. The maximum Gasteiger partial charge on any atom is 0.224 e. The second-order valence-electron chi connectivity index (χ2n) is 5.83. The third kappa shape index (κ3) is 3.45. The van der Waals surface area contributed by atoms with Crippen LogP contribution in [-0.4, -0.2) is 49.1 Å². The molecule has 0 saturated carbocycles. The fraction of sp³-hybridized carbons (Fsp3) is 0.929. The van der Waals surface area contributed by atoms with E-state index >= 15 is 0 Å². The first kappa shape index (κ1) is 13.8. The summed E-state index contributed by atoms with van der Waals surface area (Å²) in [5, 5.41) is 6.46. The molecule has 2 heterocycles. The molecule has 3 atom stereocenters. The molecule has 0 radical (unpaired) electrons. The molecule has 2 aliphatic rings. The van der Waals surface area contributed by atoms with Gasteiger partial charge in [0.05, 0.1) is 5.92 Å². The Kier molecular flexibility index (Phi) is 5.01. The normalized spacial score (nSPS) is 31.2. The van der Waals surface area contributed by atoms with E-state index in [2.05, 4.69) is 29.4 Å². The van der Waals surface area contributed by atoms with Gasteiger partial charge < -0.3 is 10.6 Å². The Balaban J connectivity index is 1.71. The van der Waals surface area contributed by atoms with Gasteiger partial charge in [-0.25, -0.2) is 0 Å². The van der Waals surface area contributed by atoms with E-state index in [1.54, 1.807) is 0 Å². The SMILES string of the molecule is CC1NCCC1C(=O)NCC(C)N1CCCCC1. The summed E-state index contributed by atoms with van der Waals surface area (Å²) in [6.45, 7) is 8.48. The lowest BCUT2D eigenvalue weighted by atomic mass is 10.0. The van der Waals surface area contributed by atoms with Crippen LogP contribution in [-0.2, 0) is 4.79 Å². The van der Waals surface area contributed by atoms with Crippen molar-refractivity contribution in [3.8, 4) is 0 Å². The second kappa shape index (κ2) is 6.53. The number of nitrogens with one attached hydrogen (secondary N) is 2. The maximum absolute atomic E-state index is 12.1. The van der Waals surface area contributed by atoms with Crippen molar-refractivity contribution < 1.29 is 4.79 Å². The molecule has 0 aromatic carbocycles. The number of likely N-dealkylation sites (tertiary alicyclic amines) is 1. The number of nitrogens with zero attached hydrogens (tertiary/aromatic N) is 1. The molecule has 0 aromatic rings. The minimum Gasteiger partial charge on any atom is -0.354 e. The van der Waals surface area contributed by atoms with Crippen molar-refractivity contribution in [3.05, 3.63) is 0 Å². The first-order chi connectivity index (χ1) is 8.68. The average Bonchev–Trinajstić information content (AvgIpc) is 2.83. The Hall–Kier alpha value is -0.610. The topological polar surface area (TPSA) is 44.4 Å². The highest BCUT2D eigenvalue weighted by Crippen LogP contribution is 2.15. The number of amides is 1. The molecule has 0 spiro atoms. The monoisotopic (exact) mass is 253 g/mol. The molecule has 3 unspecified atom stereocenters. The lowest BCUT2D eigenvalue weighted by Gasteiger charge is -2.32. The summed E-state index contributed by atoms with van der Waals surface area (Å²) in [6.07, 6.45) is 4.95. The molecule has 4 heteroatoms. The van der Waals surface area contributed by atoms with Crippen LogP contribution in [0.4, 0.5) is 0 Å². The van der Waals surface area contributed by atoms with E-state index in [4.69, 9.17) is 0 Å². The standard InChI is InChI=1S/C14H27N3O/c1-11(17-8-4-3-5-9-17)10-16-14(18)13-6-7-15-12(13)2/h11-13,15H,3-10H2,1-2H3,(H,16,18). The van der Waals surface area contributed by atoms with E-state index in [1.165, 1.54) is 32.4 Å². The molecule has 2 fully saturated rings. The third-order valence-corrected chi connectivity index (χ3v) is 4.45. The first-order valence-electron chi connectivity index (χ1n) is 7.43. The van der Waals surface area contributed by atoms with Gasteiger partial charge in [0.25, 0.3) is 0 Å². The van der Waals surface area contributed by atoms with Gasteiger partial charge in [0.1, 0.15) is 0 Å². The summed E-state index contributed by atoms with van der Waals surface area (Å²) in [4.78, 5) is 14.6. The Bertz CT molecular complexity index is 276. The number of hydrogen-bond acceptors (Lipinski definition) is 3. The molecule has 0 aromatic heterocycles. The lowest BCUT2D eigenvalue weighted by molar-refractivity contribution is -0.125. The molecule has 0 bridgehead atoms. The second-order valence-corrected chi connectivity index (χ2v) is 5.83. The van der Waals surface area contributed by atoms with Crippen LogP contribution < -0.4 is 10.6 Å². The van der Waals surface area contributed by atoms with E-state index in [-0.39, 0.29) is 11.8 Å². The van der Waals surface area contributed by atoms with E-state index in [9.17, 15) is 4.79 Å². The van der Waals surface area contributed by atoms with Crippen LogP contribution in [0.2, 0.25) is 0 Å². The first-order valence-corrected chi connectivity index (χ1v) is 7.43. The van der Waals surface area contributed by atoms with E-state index < -0.39 is 0 Å². The summed E-state index contributed by atoms with van der Waals surface area (Å²) in [5.41, 5.74) is 0. The van der Waals surface area contributed by atoms with Crippen LogP contribution in [0.1, 0.15) is 39.5 Å². The highest BCUT2D eigenvalue weighted by molar-refractivity contribution is 5.79. The molecular formula is C14H27N3O. The van der Waals surface area contributed by atoms with Crippen LogP contribution in [0.5, 0.6) is 0 Å². The van der Waals surface area contributed by atoms with Gasteiger partial charge in [-0.15, -0.1) is 0 Å². The molecule has 0 aliphatic carbocycles. The molecule has 2 N–H and O–H groups in total. The summed E-state index contributed by atoms with van der Waals surface area (Å²) in [6, 6.07) is 0.800. The van der Waals surface area contributed by atoms with Gasteiger partial charge in [0.2, 0.25) is 5.91 Å². The minimum atomic E-state index is 0.165. The fourth-order valence-electron chi connectivity index (χ4n) is 3.08. The van der Waals surface area contributed by atoms with E-state index in [1.807, 2.05) is 0 Å². The van der Waals surface area contributed by atoms with Crippen molar-refractivity contribution >= 4 is 5.91 Å². The quantitative estimate of drug-likeness (QED) is 0.785. The van der Waals surface area contributed by atoms with Gasteiger partial charge in [-0.05, 0) is 52.7 Å². The molecule has 18 heavy (non-hydrogen) atoms. The van der Waals surface area contributed by atoms with E-state index in [0.717, 1.165) is 19.5 Å². The summed E-state index contributed by atoms with van der Waals surface area (Å²) >= 11 is 0. The van der Waals surface area contributed by atoms with Crippen molar-refractivity contribution in [1.82, 2.24) is 15.5 Å². The number of piperidine rings is 1. The van der Waals surface area contributed by atoms with Gasteiger partial charge in [0.15, 0.2) is 0 Å². The van der Waals surface area contributed by atoms with Crippen molar-refractivity contribution in [1.29, 1.82) is 0 Å². The summed E-state index contributed by atoms with van der Waals surface area (Å²) in [7, 11) is 0. The predicted molar refractivity (Wildman–Crippen MR) is 73.5 cm³/mol. The van der Waals surface area contributed by atoms with Crippen LogP contribution >= 0.6 is 0 Å². The van der Waals surface area contributed by atoms with Gasteiger partial charge in [-0.1, -0.05) is 6.42 Å². The molecule has 2 rings (SSSR count). The highest BCUT2D eigenvalue weighted by atomic mass is 16.1. The average molecular weight is 253 g/mol. The van der Waals surface area contributed by atoms with E-state index in [0.29, 0.717) is 12.1 Å². The highest BCUT2D eigenvalue weighted by Gasteiger charge is 2.29. The molecule has 2 aliphatic heterocycles. The number of hydrogen-bond donors (Lipinski definition) is 2. The zero-order chi connectivity index (χ0) is 13.0. The van der Waals surface area contributed by atoms with Gasteiger partial charge in [0, 0.05) is 18.6 Å². The van der Waals surface area contributed by atoms with Crippen molar-refractivity contribution in [2.24, 2.45) is 5.92 Å². The van der Waals surface area contributed by atoms with Crippen LogP contribution in [0.25, 0.3) is 0 Å². The summed E-state index contributed by atoms with van der Waals surface area (Å²) in [5.74, 6) is 0.398. The Morgan fingerprint density at radius 1 is 1.39 bits per heavy atom. The zero-order valence-electron chi connectivity index (χ0n) is 11.7. The maximum atomic E-state index is 12.1. The number of carbonyl (C=O) groups is 1. The fourth-order valence-corrected chi connectivity index (χ4v) is 3.08. The Morgan fingerprint density at radius 2 is 2.11 bits per heavy atom. The van der Waals surface area contributed by atoms with Gasteiger partial charge in [-0.3, -0.25) is 9.69 Å².